The number of hydrogen-bond acceptors (Lipinski definition) is 7. The Labute approximate surface area is 137 Å². The minimum Gasteiger partial charge on any atom is -0.358 e. The summed E-state index contributed by atoms with van der Waals surface area (Å²) in [6, 6.07) is 0. The zero-order chi connectivity index (χ0) is 16.2. The number of thiazole rings is 1. The number of fused-ring (bicyclic) bond motifs is 1. The molecule has 0 radical (unpaired) electrons. The number of likely N-dealkylation sites (N-methyl/N-ethyl adjacent to an activating group) is 1. The summed E-state index contributed by atoms with van der Waals surface area (Å²) in [5.74, 6) is -0.333. The molecular weight excluding hydrogens is 316 g/mol. The molecule has 3 heterocycles. The van der Waals surface area contributed by atoms with Gasteiger partial charge in [-0.1, -0.05) is 0 Å². The third-order valence-corrected chi connectivity index (χ3v) is 4.47. The van der Waals surface area contributed by atoms with Crippen LogP contribution in [0, 0.1) is 0 Å². The highest BCUT2D eigenvalue weighted by molar-refractivity contribution is 7.15. The normalized spacial score (nSPS) is 14.1. The van der Waals surface area contributed by atoms with Crippen LogP contribution in [0.25, 0.3) is 0 Å². The molecule has 0 saturated carbocycles. The molecule has 0 bridgehead atoms. The maximum Gasteiger partial charge on any atom is 0.277 e. The summed E-state index contributed by atoms with van der Waals surface area (Å²) in [5.41, 5.74) is 1.24. The van der Waals surface area contributed by atoms with Gasteiger partial charge in [0.25, 0.3) is 5.91 Å². The monoisotopic (exact) mass is 332 g/mol. The van der Waals surface area contributed by atoms with E-state index in [0.717, 1.165) is 23.5 Å². The fraction of sp³-hybridized carbons (Fsp3) is 0.357. The summed E-state index contributed by atoms with van der Waals surface area (Å²) >= 11 is 1.43. The van der Waals surface area contributed by atoms with E-state index in [1.165, 1.54) is 29.9 Å². The molecule has 0 spiro atoms. The van der Waals surface area contributed by atoms with E-state index in [2.05, 4.69) is 30.5 Å². The van der Waals surface area contributed by atoms with E-state index in [1.807, 2.05) is 0 Å². The molecule has 0 unspecified atom stereocenters. The highest BCUT2D eigenvalue weighted by atomic mass is 32.1. The van der Waals surface area contributed by atoms with Crippen LogP contribution < -0.4 is 10.6 Å². The molecule has 1 aliphatic heterocycles. The largest absolute Gasteiger partial charge is 0.358 e. The molecule has 9 heteroatoms. The van der Waals surface area contributed by atoms with E-state index in [-0.39, 0.29) is 17.5 Å². The van der Waals surface area contributed by atoms with Crippen LogP contribution in [-0.4, -0.2) is 51.8 Å². The molecular formula is C14H16N6O2S. The van der Waals surface area contributed by atoms with Crippen molar-refractivity contribution in [2.45, 2.75) is 13.0 Å². The molecule has 2 aromatic heterocycles. The van der Waals surface area contributed by atoms with Gasteiger partial charge in [0.1, 0.15) is 5.69 Å². The molecule has 0 saturated heterocycles. The minimum absolute atomic E-state index is 0.00542. The third kappa shape index (κ3) is 3.69. The SMILES string of the molecule is CNC(=O)CN1CCc2nc(NC(=O)c3cnccn3)sc2C1. The number of amides is 2. The molecule has 2 amide bonds. The Morgan fingerprint density at radius 3 is 3.00 bits per heavy atom. The van der Waals surface area contributed by atoms with Gasteiger partial charge in [-0.25, -0.2) is 9.97 Å². The lowest BCUT2D eigenvalue weighted by Crippen LogP contribution is -2.38. The van der Waals surface area contributed by atoms with Gasteiger partial charge in [-0.3, -0.25) is 24.8 Å². The van der Waals surface area contributed by atoms with Crippen molar-refractivity contribution < 1.29 is 9.59 Å². The molecule has 2 N–H and O–H groups in total. The lowest BCUT2D eigenvalue weighted by molar-refractivity contribution is -0.121. The third-order valence-electron chi connectivity index (χ3n) is 3.47. The second-order valence-corrected chi connectivity index (χ2v) is 6.15. The van der Waals surface area contributed by atoms with Crippen LogP contribution in [0.15, 0.2) is 18.6 Å². The Bertz CT molecular complexity index is 717. The van der Waals surface area contributed by atoms with Crippen molar-refractivity contribution in [2.75, 3.05) is 25.5 Å². The van der Waals surface area contributed by atoms with Gasteiger partial charge in [-0.2, -0.15) is 0 Å². The number of carbonyl (C=O) groups is 2. The van der Waals surface area contributed by atoms with Gasteiger partial charge in [-0.05, 0) is 0 Å². The van der Waals surface area contributed by atoms with Gasteiger partial charge >= 0.3 is 0 Å². The van der Waals surface area contributed by atoms with Crippen molar-refractivity contribution in [2.24, 2.45) is 0 Å². The fourth-order valence-electron chi connectivity index (χ4n) is 2.30. The molecule has 0 atom stereocenters. The van der Waals surface area contributed by atoms with Crippen LogP contribution in [0.4, 0.5) is 5.13 Å². The van der Waals surface area contributed by atoms with Crippen molar-refractivity contribution >= 4 is 28.3 Å². The van der Waals surface area contributed by atoms with Crippen LogP contribution in [0.5, 0.6) is 0 Å². The topological polar surface area (TPSA) is 100 Å². The second-order valence-electron chi connectivity index (χ2n) is 5.07. The van der Waals surface area contributed by atoms with Crippen molar-refractivity contribution in [3.05, 3.63) is 34.9 Å². The van der Waals surface area contributed by atoms with Crippen molar-refractivity contribution in [1.29, 1.82) is 0 Å². The molecule has 120 valence electrons. The quantitative estimate of drug-likeness (QED) is 0.835. The molecule has 8 nitrogen and oxygen atoms in total. The average Bonchev–Trinajstić information content (AvgIpc) is 2.97. The predicted molar refractivity (Wildman–Crippen MR) is 85.1 cm³/mol. The summed E-state index contributed by atoms with van der Waals surface area (Å²) in [6.07, 6.45) is 5.16. The van der Waals surface area contributed by atoms with Crippen LogP contribution in [0.1, 0.15) is 21.1 Å². The van der Waals surface area contributed by atoms with Gasteiger partial charge in [0.2, 0.25) is 5.91 Å². The zero-order valence-electron chi connectivity index (χ0n) is 12.6. The van der Waals surface area contributed by atoms with Gasteiger partial charge in [-0.15, -0.1) is 11.3 Å². The summed E-state index contributed by atoms with van der Waals surface area (Å²) in [5, 5.41) is 5.92. The highest BCUT2D eigenvalue weighted by Crippen LogP contribution is 2.28. The van der Waals surface area contributed by atoms with E-state index < -0.39 is 0 Å². The maximum atomic E-state index is 12.1. The standard InChI is InChI=1S/C14H16N6O2S/c1-15-12(21)8-20-5-2-9-11(7-20)23-14(18-9)19-13(22)10-6-16-3-4-17-10/h3-4,6H,2,5,7-8H2,1H3,(H,15,21)(H,18,19,22). The van der Waals surface area contributed by atoms with E-state index in [9.17, 15) is 9.59 Å². The number of hydrogen-bond donors (Lipinski definition) is 2. The first-order valence-electron chi connectivity index (χ1n) is 7.14. The number of nitrogens with zero attached hydrogens (tertiary/aromatic N) is 4. The van der Waals surface area contributed by atoms with Crippen LogP contribution in [0.2, 0.25) is 0 Å². The van der Waals surface area contributed by atoms with Gasteiger partial charge in [0.05, 0.1) is 18.4 Å². The van der Waals surface area contributed by atoms with Gasteiger partial charge < -0.3 is 5.32 Å². The number of rotatable bonds is 4. The Morgan fingerprint density at radius 1 is 1.39 bits per heavy atom. The number of anilines is 1. The number of nitrogens with one attached hydrogen (secondary N) is 2. The molecule has 0 aliphatic carbocycles. The Kier molecular flexibility index (Phi) is 4.58. The molecule has 3 rings (SSSR count). The summed E-state index contributed by atoms with van der Waals surface area (Å²) in [7, 11) is 1.63. The minimum atomic E-state index is -0.327. The van der Waals surface area contributed by atoms with Crippen LogP contribution in [-0.2, 0) is 17.8 Å². The van der Waals surface area contributed by atoms with Crippen molar-refractivity contribution in [1.82, 2.24) is 25.2 Å². The molecule has 1 aliphatic rings. The lowest BCUT2D eigenvalue weighted by atomic mass is 10.2. The van der Waals surface area contributed by atoms with Crippen LogP contribution >= 0.6 is 11.3 Å². The zero-order valence-corrected chi connectivity index (χ0v) is 13.4. The maximum absolute atomic E-state index is 12.1. The first-order chi connectivity index (χ1) is 11.2. The average molecular weight is 332 g/mol. The Balaban J connectivity index is 1.66. The predicted octanol–water partition coefficient (Wildman–Crippen LogP) is 0.289. The van der Waals surface area contributed by atoms with E-state index >= 15 is 0 Å². The van der Waals surface area contributed by atoms with Gasteiger partial charge in [0.15, 0.2) is 5.13 Å². The molecule has 2 aromatic rings. The second kappa shape index (κ2) is 6.80. The number of carbonyl (C=O) groups excluding carboxylic acids is 2. The van der Waals surface area contributed by atoms with E-state index in [0.29, 0.717) is 18.2 Å². The van der Waals surface area contributed by atoms with Gasteiger partial charge in [0, 0.05) is 43.8 Å². The molecule has 23 heavy (non-hydrogen) atoms. The molecule has 0 aromatic carbocycles. The highest BCUT2D eigenvalue weighted by Gasteiger charge is 2.22. The smallest absolute Gasteiger partial charge is 0.277 e. The summed E-state index contributed by atoms with van der Waals surface area (Å²) in [4.78, 5) is 39.0. The summed E-state index contributed by atoms with van der Waals surface area (Å²) in [6.45, 7) is 1.82. The summed E-state index contributed by atoms with van der Waals surface area (Å²) < 4.78 is 0. The van der Waals surface area contributed by atoms with Crippen molar-refractivity contribution in [3.63, 3.8) is 0 Å². The first kappa shape index (κ1) is 15.5. The van der Waals surface area contributed by atoms with E-state index in [1.54, 1.807) is 7.05 Å². The first-order valence-corrected chi connectivity index (χ1v) is 7.96. The van der Waals surface area contributed by atoms with E-state index in [4.69, 9.17) is 0 Å². The fourth-order valence-corrected chi connectivity index (χ4v) is 3.34. The Hall–Kier alpha value is -2.39. The lowest BCUT2D eigenvalue weighted by Gasteiger charge is -2.24. The van der Waals surface area contributed by atoms with Crippen molar-refractivity contribution in [3.8, 4) is 0 Å². The number of aromatic nitrogens is 3. The van der Waals surface area contributed by atoms with Crippen LogP contribution in [0.3, 0.4) is 0 Å². The Morgan fingerprint density at radius 2 is 2.26 bits per heavy atom. The molecule has 0 fully saturated rings.